The van der Waals surface area contributed by atoms with Gasteiger partial charge in [0.1, 0.15) is 5.52 Å². The fourth-order valence-electron chi connectivity index (χ4n) is 2.53. The minimum Gasteiger partial charge on any atom is -0.459 e. The summed E-state index contributed by atoms with van der Waals surface area (Å²) in [6, 6.07) is 18.5. The molecule has 0 bridgehead atoms. The molecule has 5 nitrogen and oxygen atoms in total. The lowest BCUT2D eigenvalue weighted by Crippen LogP contribution is -2.10. The van der Waals surface area contributed by atoms with Gasteiger partial charge in [0.25, 0.3) is 5.91 Å². The van der Waals surface area contributed by atoms with Gasteiger partial charge in [-0.2, -0.15) is 0 Å². The van der Waals surface area contributed by atoms with Gasteiger partial charge in [-0.3, -0.25) is 4.79 Å². The zero-order valence-electron chi connectivity index (χ0n) is 12.7. The van der Waals surface area contributed by atoms with Crippen molar-refractivity contribution in [2.45, 2.75) is 6.42 Å². The second-order valence-electron chi connectivity index (χ2n) is 5.38. The van der Waals surface area contributed by atoms with E-state index in [1.165, 1.54) is 6.26 Å². The molecule has 0 aliphatic rings. The number of hydrogen-bond acceptors (Lipinski definition) is 4. The highest BCUT2D eigenvalue weighted by Gasteiger charge is 2.10. The molecule has 1 N–H and O–H groups in total. The number of rotatable bonds is 4. The molecule has 0 fully saturated rings. The number of carbonyl (C=O) groups is 1. The summed E-state index contributed by atoms with van der Waals surface area (Å²) >= 11 is 0. The molecule has 0 aliphatic heterocycles. The maximum absolute atomic E-state index is 12.0. The van der Waals surface area contributed by atoms with Crippen LogP contribution in [0.1, 0.15) is 22.0 Å². The summed E-state index contributed by atoms with van der Waals surface area (Å²) in [5.74, 6) is 0.643. The Morgan fingerprint density at radius 3 is 2.79 bits per heavy atom. The normalized spacial score (nSPS) is 10.8. The molecule has 4 rings (SSSR count). The van der Waals surface area contributed by atoms with Crippen LogP contribution in [-0.4, -0.2) is 10.9 Å². The Balaban J connectivity index is 1.53. The van der Waals surface area contributed by atoms with Crippen molar-refractivity contribution in [1.82, 2.24) is 4.98 Å². The molecule has 118 valence electrons. The molecule has 0 saturated carbocycles. The SMILES string of the molecule is O=C(Nc1cccc(Cc2nc3ccccc3o2)c1)c1ccco1. The van der Waals surface area contributed by atoms with E-state index in [-0.39, 0.29) is 11.7 Å². The molecule has 24 heavy (non-hydrogen) atoms. The Hall–Kier alpha value is -3.34. The van der Waals surface area contributed by atoms with Crippen LogP contribution >= 0.6 is 0 Å². The molecular formula is C19H14N2O3. The minimum atomic E-state index is -0.279. The number of oxazole rings is 1. The molecule has 5 heteroatoms. The first kappa shape index (κ1) is 14.3. The molecule has 4 aromatic rings. The lowest BCUT2D eigenvalue weighted by atomic mass is 10.1. The third kappa shape index (κ3) is 2.92. The monoisotopic (exact) mass is 318 g/mol. The number of hydrogen-bond donors (Lipinski definition) is 1. The predicted molar refractivity (Wildman–Crippen MR) is 89.9 cm³/mol. The van der Waals surface area contributed by atoms with E-state index in [9.17, 15) is 4.79 Å². The van der Waals surface area contributed by atoms with E-state index >= 15 is 0 Å². The number of aromatic nitrogens is 1. The average Bonchev–Trinajstić information content (AvgIpc) is 3.24. The predicted octanol–water partition coefficient (Wildman–Crippen LogP) is 4.26. The van der Waals surface area contributed by atoms with E-state index in [0.717, 1.165) is 16.7 Å². The third-order valence-corrected chi connectivity index (χ3v) is 3.62. The Kier molecular flexibility index (Phi) is 3.59. The summed E-state index contributed by atoms with van der Waals surface area (Å²) in [4.78, 5) is 16.5. The van der Waals surface area contributed by atoms with Gasteiger partial charge >= 0.3 is 0 Å². The lowest BCUT2D eigenvalue weighted by molar-refractivity contribution is 0.0996. The van der Waals surface area contributed by atoms with Gasteiger partial charge in [0.2, 0.25) is 0 Å². The first-order valence-corrected chi connectivity index (χ1v) is 7.56. The zero-order valence-corrected chi connectivity index (χ0v) is 12.7. The maximum Gasteiger partial charge on any atom is 0.291 e. The van der Waals surface area contributed by atoms with Crippen molar-refractivity contribution >= 4 is 22.7 Å². The molecular weight excluding hydrogens is 304 g/mol. The molecule has 0 aliphatic carbocycles. The molecule has 0 spiro atoms. The van der Waals surface area contributed by atoms with Crippen molar-refractivity contribution in [2.75, 3.05) is 5.32 Å². The molecule has 2 aromatic carbocycles. The first-order valence-electron chi connectivity index (χ1n) is 7.56. The van der Waals surface area contributed by atoms with Gasteiger partial charge in [0, 0.05) is 12.1 Å². The number of nitrogens with one attached hydrogen (secondary N) is 1. The molecule has 0 saturated heterocycles. The van der Waals surface area contributed by atoms with Crippen LogP contribution in [0.25, 0.3) is 11.1 Å². The van der Waals surface area contributed by atoms with Crippen molar-refractivity contribution in [1.29, 1.82) is 0 Å². The standard InChI is InChI=1S/C19H14N2O3/c22-19(17-9-4-10-23-17)20-14-6-3-5-13(11-14)12-18-21-15-7-1-2-8-16(15)24-18/h1-11H,12H2,(H,20,22). The third-order valence-electron chi connectivity index (χ3n) is 3.62. The highest BCUT2D eigenvalue weighted by Crippen LogP contribution is 2.19. The van der Waals surface area contributed by atoms with Gasteiger partial charge in [0.05, 0.1) is 6.26 Å². The van der Waals surface area contributed by atoms with Crippen LogP contribution in [0, 0.1) is 0 Å². The molecule has 0 atom stereocenters. The number of benzene rings is 2. The number of anilines is 1. The van der Waals surface area contributed by atoms with Crippen molar-refractivity contribution in [3.8, 4) is 0 Å². The maximum atomic E-state index is 12.0. The van der Waals surface area contributed by atoms with Crippen molar-refractivity contribution < 1.29 is 13.6 Å². The van der Waals surface area contributed by atoms with Gasteiger partial charge in [-0.15, -0.1) is 0 Å². The number of carbonyl (C=O) groups excluding carboxylic acids is 1. The van der Waals surface area contributed by atoms with Crippen molar-refractivity contribution in [3.05, 3.63) is 84.1 Å². The second kappa shape index (κ2) is 6.04. The summed E-state index contributed by atoms with van der Waals surface area (Å²) < 4.78 is 10.8. The second-order valence-corrected chi connectivity index (χ2v) is 5.38. The summed E-state index contributed by atoms with van der Waals surface area (Å²) in [6.07, 6.45) is 2.03. The van der Waals surface area contributed by atoms with Gasteiger partial charge in [-0.1, -0.05) is 24.3 Å². The zero-order chi connectivity index (χ0) is 16.4. The summed E-state index contributed by atoms with van der Waals surface area (Å²) in [6.45, 7) is 0. The number of nitrogens with zero attached hydrogens (tertiary/aromatic N) is 1. The lowest BCUT2D eigenvalue weighted by Gasteiger charge is -2.05. The number of amides is 1. The molecule has 0 unspecified atom stereocenters. The topological polar surface area (TPSA) is 68.3 Å². The largest absolute Gasteiger partial charge is 0.459 e. The van der Waals surface area contributed by atoms with Gasteiger partial charge in [-0.05, 0) is 42.0 Å². The minimum absolute atomic E-state index is 0.277. The van der Waals surface area contributed by atoms with Crippen LogP contribution in [0.2, 0.25) is 0 Å². The van der Waals surface area contributed by atoms with E-state index in [2.05, 4.69) is 10.3 Å². The van der Waals surface area contributed by atoms with Crippen molar-refractivity contribution in [2.24, 2.45) is 0 Å². The number of fused-ring (bicyclic) bond motifs is 1. The Bertz CT molecular complexity index is 954. The Morgan fingerprint density at radius 2 is 1.96 bits per heavy atom. The first-order chi connectivity index (χ1) is 11.8. The highest BCUT2D eigenvalue weighted by molar-refractivity contribution is 6.02. The Labute approximate surface area is 137 Å². The van der Waals surface area contributed by atoms with Gasteiger partial charge in [-0.25, -0.2) is 4.98 Å². The van der Waals surface area contributed by atoms with E-state index in [0.29, 0.717) is 18.0 Å². The molecule has 0 radical (unpaired) electrons. The Morgan fingerprint density at radius 1 is 1.04 bits per heavy atom. The number of furan rings is 1. The molecule has 2 heterocycles. The van der Waals surface area contributed by atoms with Crippen LogP contribution in [-0.2, 0) is 6.42 Å². The highest BCUT2D eigenvalue weighted by atomic mass is 16.3. The molecule has 2 aromatic heterocycles. The fourth-order valence-corrected chi connectivity index (χ4v) is 2.53. The average molecular weight is 318 g/mol. The number of para-hydroxylation sites is 2. The molecule has 1 amide bonds. The summed E-state index contributed by atoms with van der Waals surface area (Å²) in [5.41, 5.74) is 3.31. The van der Waals surface area contributed by atoms with Crippen molar-refractivity contribution in [3.63, 3.8) is 0 Å². The van der Waals surface area contributed by atoms with Crippen LogP contribution in [0.4, 0.5) is 5.69 Å². The van der Waals surface area contributed by atoms with Crippen LogP contribution in [0.5, 0.6) is 0 Å². The fraction of sp³-hybridized carbons (Fsp3) is 0.0526. The van der Waals surface area contributed by atoms with E-state index in [1.54, 1.807) is 12.1 Å². The van der Waals surface area contributed by atoms with E-state index in [4.69, 9.17) is 8.83 Å². The van der Waals surface area contributed by atoms with Gasteiger partial charge in [0.15, 0.2) is 17.2 Å². The van der Waals surface area contributed by atoms with Crippen LogP contribution < -0.4 is 5.32 Å². The van der Waals surface area contributed by atoms with E-state index in [1.807, 2.05) is 48.5 Å². The van der Waals surface area contributed by atoms with Gasteiger partial charge < -0.3 is 14.2 Å². The smallest absolute Gasteiger partial charge is 0.291 e. The summed E-state index contributed by atoms with van der Waals surface area (Å²) in [7, 11) is 0. The van der Waals surface area contributed by atoms with Crippen LogP contribution in [0.3, 0.4) is 0 Å². The van der Waals surface area contributed by atoms with E-state index < -0.39 is 0 Å². The van der Waals surface area contributed by atoms with Crippen LogP contribution in [0.15, 0.2) is 75.8 Å². The quantitative estimate of drug-likeness (QED) is 0.610. The summed E-state index contributed by atoms with van der Waals surface area (Å²) in [5, 5.41) is 2.81.